The molecule has 0 fully saturated rings. The predicted molar refractivity (Wildman–Crippen MR) is 299 cm³/mol. The lowest BCUT2D eigenvalue weighted by Crippen LogP contribution is -2.75. The summed E-state index contributed by atoms with van der Waals surface area (Å²) in [5, 5.41) is 12.8. The first-order valence-electron chi connectivity index (χ1n) is 24.2. The zero-order valence-electron chi connectivity index (χ0n) is 38.3. The van der Waals surface area contributed by atoms with Crippen molar-refractivity contribution in [1.29, 1.82) is 0 Å². The summed E-state index contributed by atoms with van der Waals surface area (Å²) >= 11 is 0. The van der Waals surface area contributed by atoms with Crippen LogP contribution in [0.3, 0.4) is 0 Å². The summed E-state index contributed by atoms with van der Waals surface area (Å²) in [4.78, 5) is 0. The molecule has 0 spiro atoms. The van der Waals surface area contributed by atoms with Crippen molar-refractivity contribution in [3.05, 3.63) is 273 Å². The highest BCUT2D eigenvalue weighted by molar-refractivity contribution is 7.20. The highest BCUT2D eigenvalue weighted by Crippen LogP contribution is 2.40. The fourth-order valence-corrected chi connectivity index (χ4v) is 16.8. The van der Waals surface area contributed by atoms with Crippen LogP contribution in [0.25, 0.3) is 93.6 Å². The minimum atomic E-state index is -3.03. The molecule has 0 aliphatic heterocycles. The van der Waals surface area contributed by atoms with Gasteiger partial charge >= 0.3 is 0 Å². The quantitative estimate of drug-likeness (QED) is 0.107. The highest BCUT2D eigenvalue weighted by atomic mass is 28.3. The summed E-state index contributed by atoms with van der Waals surface area (Å²) in [6, 6.07) is 101. The van der Waals surface area contributed by atoms with Gasteiger partial charge in [-0.05, 0) is 98.6 Å². The number of hydrogen-bond donors (Lipinski definition) is 0. The van der Waals surface area contributed by atoms with E-state index in [4.69, 9.17) is 0 Å². The van der Waals surface area contributed by atoms with E-state index in [1.165, 1.54) is 97.3 Å². The van der Waals surface area contributed by atoms with Gasteiger partial charge in [0, 0.05) is 49.4 Å². The van der Waals surface area contributed by atoms with E-state index in [9.17, 15) is 0 Å². The zero-order valence-corrected chi connectivity index (χ0v) is 39.3. The zero-order chi connectivity index (χ0) is 46.2. The number of hydrogen-bond acceptors (Lipinski definition) is 0. The maximum Gasteiger partial charge on any atom is 0.181 e. The van der Waals surface area contributed by atoms with Crippen molar-refractivity contribution in [3.63, 3.8) is 0 Å². The molecule has 0 saturated heterocycles. The number of rotatable bonds is 8. The molecule has 0 atom stereocenters. The first kappa shape index (κ1) is 40.1. The van der Waals surface area contributed by atoms with Gasteiger partial charge in [0.2, 0.25) is 0 Å². The van der Waals surface area contributed by atoms with Crippen LogP contribution in [0.5, 0.6) is 0 Å². The molecule has 14 aromatic rings. The summed E-state index contributed by atoms with van der Waals surface area (Å²) < 4.78 is 7.48. The van der Waals surface area contributed by atoms with Gasteiger partial charge in [0.05, 0.1) is 33.1 Å². The lowest BCUT2D eigenvalue weighted by Gasteiger charge is -2.35. The molecule has 70 heavy (non-hydrogen) atoms. The monoisotopic (exact) mass is 907 g/mol. The molecule has 14 rings (SSSR count). The van der Waals surface area contributed by atoms with Gasteiger partial charge in [-0.1, -0.05) is 206 Å². The number of fused-ring (bicyclic) bond motifs is 9. The Kier molecular flexibility index (Phi) is 9.23. The van der Waals surface area contributed by atoms with Crippen LogP contribution in [0.2, 0.25) is 0 Å². The summed E-state index contributed by atoms with van der Waals surface area (Å²) in [7, 11) is -3.03. The molecule has 4 heteroatoms. The highest BCUT2D eigenvalue weighted by Gasteiger charge is 2.43. The third-order valence-corrected chi connectivity index (χ3v) is 19.6. The fourth-order valence-electron chi connectivity index (χ4n) is 11.8. The molecule has 0 aliphatic carbocycles. The predicted octanol–water partition coefficient (Wildman–Crippen LogP) is 14.0. The SMILES string of the molecule is c1ccc(-c2cccc(-n3c4ccccc4c4cc(-n5c6ccc(-n7c8ccccc8c8ccccc87)cc6c6cccc([Si](c7ccccc7)(c7ccccc7)c7ccccc7)c65)ccc43)c2)cc1. The number of nitrogens with zero attached hydrogens (tertiary/aromatic N) is 3. The van der Waals surface area contributed by atoms with Crippen LogP contribution in [0, 0.1) is 0 Å². The van der Waals surface area contributed by atoms with Crippen LogP contribution >= 0.6 is 0 Å². The van der Waals surface area contributed by atoms with E-state index < -0.39 is 8.07 Å². The minimum Gasteiger partial charge on any atom is -0.309 e. The van der Waals surface area contributed by atoms with Gasteiger partial charge in [-0.2, -0.15) is 0 Å². The molecule has 3 heterocycles. The van der Waals surface area contributed by atoms with Gasteiger partial charge in [-0.3, -0.25) is 0 Å². The van der Waals surface area contributed by atoms with Crippen LogP contribution < -0.4 is 20.7 Å². The average molecular weight is 908 g/mol. The van der Waals surface area contributed by atoms with E-state index in [1.54, 1.807) is 0 Å². The minimum absolute atomic E-state index is 1.13. The van der Waals surface area contributed by atoms with E-state index in [0.29, 0.717) is 0 Å². The topological polar surface area (TPSA) is 14.8 Å². The summed E-state index contributed by atoms with van der Waals surface area (Å²) in [5.74, 6) is 0. The Hall–Kier alpha value is -8.96. The standard InChI is InChI=1S/C66H45N3Si/c1-5-21-46(22-6-1)47-23-19-24-48(43-47)67-62-37-18-15-33-56(62)58-45-50(40-41-63(58)67)69-64-42-39-49(68-60-35-16-13-31-54(60)55-32-14-17-36-61(55)68)44-59(64)57-34-20-38-65(66(57)69)70(51-25-7-2-8-26-51,52-27-9-3-10-28-52)53-29-11-4-12-30-53/h1-45H. The van der Waals surface area contributed by atoms with Crippen molar-refractivity contribution in [2.45, 2.75) is 0 Å². The number of aromatic nitrogens is 3. The van der Waals surface area contributed by atoms with E-state index in [-0.39, 0.29) is 0 Å². The molecular weight excluding hydrogens is 863 g/mol. The molecule has 3 aromatic heterocycles. The molecule has 0 saturated carbocycles. The third kappa shape index (κ3) is 6.00. The van der Waals surface area contributed by atoms with Crippen LogP contribution in [0.1, 0.15) is 0 Å². The Balaban J connectivity index is 1.10. The maximum atomic E-state index is 2.59. The van der Waals surface area contributed by atoms with Crippen molar-refractivity contribution < 1.29 is 0 Å². The second kappa shape index (κ2) is 16.1. The molecule has 0 bridgehead atoms. The third-order valence-electron chi connectivity index (χ3n) is 14.8. The average Bonchev–Trinajstić information content (AvgIpc) is 4.08. The van der Waals surface area contributed by atoms with E-state index in [2.05, 4.69) is 287 Å². The fraction of sp³-hybridized carbons (Fsp3) is 0. The molecule has 328 valence electrons. The lowest BCUT2D eigenvalue weighted by molar-refractivity contribution is 1.16. The molecule has 11 aromatic carbocycles. The van der Waals surface area contributed by atoms with Crippen molar-refractivity contribution in [2.75, 3.05) is 0 Å². The van der Waals surface area contributed by atoms with Crippen molar-refractivity contribution in [3.8, 4) is 28.2 Å². The van der Waals surface area contributed by atoms with Gasteiger partial charge in [-0.15, -0.1) is 0 Å². The van der Waals surface area contributed by atoms with Gasteiger partial charge in [0.1, 0.15) is 0 Å². The second-order valence-corrected chi connectivity index (χ2v) is 22.2. The Morgan fingerprint density at radius 2 is 0.600 bits per heavy atom. The van der Waals surface area contributed by atoms with Gasteiger partial charge < -0.3 is 13.7 Å². The van der Waals surface area contributed by atoms with Crippen LogP contribution in [0.15, 0.2) is 273 Å². The van der Waals surface area contributed by atoms with E-state index >= 15 is 0 Å². The molecular formula is C66H45N3Si. The van der Waals surface area contributed by atoms with Crippen molar-refractivity contribution in [2.24, 2.45) is 0 Å². The molecule has 3 nitrogen and oxygen atoms in total. The Morgan fingerprint density at radius 3 is 1.14 bits per heavy atom. The van der Waals surface area contributed by atoms with Crippen molar-refractivity contribution >= 4 is 94.2 Å². The molecule has 0 unspecified atom stereocenters. The Labute approximate surface area is 407 Å². The lowest BCUT2D eigenvalue weighted by atomic mass is 10.1. The first-order chi connectivity index (χ1) is 34.8. The maximum absolute atomic E-state index is 3.03. The van der Waals surface area contributed by atoms with Crippen LogP contribution in [-0.2, 0) is 0 Å². The Morgan fingerprint density at radius 1 is 0.229 bits per heavy atom. The number of benzene rings is 11. The second-order valence-electron chi connectivity index (χ2n) is 18.4. The van der Waals surface area contributed by atoms with E-state index in [0.717, 1.165) is 17.1 Å². The Bertz CT molecular complexity index is 4130. The number of para-hydroxylation sites is 4. The summed E-state index contributed by atoms with van der Waals surface area (Å²) in [6.07, 6.45) is 0. The van der Waals surface area contributed by atoms with Crippen molar-refractivity contribution in [1.82, 2.24) is 13.7 Å². The normalized spacial score (nSPS) is 12.0. The van der Waals surface area contributed by atoms with Gasteiger partial charge in [0.25, 0.3) is 0 Å². The van der Waals surface area contributed by atoms with Crippen LogP contribution in [0.4, 0.5) is 0 Å². The summed E-state index contributed by atoms with van der Waals surface area (Å²) in [6.45, 7) is 0. The molecule has 0 N–H and O–H groups in total. The smallest absolute Gasteiger partial charge is 0.181 e. The van der Waals surface area contributed by atoms with Gasteiger partial charge in [-0.25, -0.2) is 0 Å². The first-order valence-corrected chi connectivity index (χ1v) is 26.2. The van der Waals surface area contributed by atoms with E-state index in [1.807, 2.05) is 0 Å². The summed E-state index contributed by atoms with van der Waals surface area (Å²) in [5.41, 5.74) is 13.0. The molecule has 0 amide bonds. The molecule has 0 radical (unpaired) electrons. The largest absolute Gasteiger partial charge is 0.309 e. The van der Waals surface area contributed by atoms with Gasteiger partial charge in [0.15, 0.2) is 8.07 Å². The molecule has 0 aliphatic rings. The van der Waals surface area contributed by atoms with Crippen LogP contribution in [-0.4, -0.2) is 21.8 Å².